The fraction of sp³-hybridized carbons (Fsp3) is 0.182. The predicted molar refractivity (Wildman–Crippen MR) is 113 cm³/mol. The van der Waals surface area contributed by atoms with Gasteiger partial charge in [-0.3, -0.25) is 19.0 Å². The van der Waals surface area contributed by atoms with Gasteiger partial charge < -0.3 is 4.90 Å². The number of carbonyl (C=O) groups is 1. The van der Waals surface area contributed by atoms with Crippen molar-refractivity contribution < 1.29 is 4.79 Å². The number of fused-ring (bicyclic) bond motifs is 1. The number of thiazole rings is 1. The van der Waals surface area contributed by atoms with Crippen LogP contribution in [0.2, 0.25) is 0 Å². The summed E-state index contributed by atoms with van der Waals surface area (Å²) in [7, 11) is 1.69. The van der Waals surface area contributed by atoms with Crippen LogP contribution in [-0.4, -0.2) is 32.2 Å². The zero-order chi connectivity index (χ0) is 20.4. The van der Waals surface area contributed by atoms with Crippen LogP contribution in [0.1, 0.15) is 39.3 Å². The van der Waals surface area contributed by atoms with E-state index in [1.807, 2.05) is 49.4 Å². The second-order valence-corrected chi connectivity index (χ2v) is 7.96. The van der Waals surface area contributed by atoms with Crippen LogP contribution < -0.4 is 5.56 Å². The second kappa shape index (κ2) is 7.97. The topological polar surface area (TPSA) is 67.6 Å². The van der Waals surface area contributed by atoms with Crippen LogP contribution in [0.15, 0.2) is 72.0 Å². The number of hydrogen-bond acceptors (Lipinski definition) is 5. The summed E-state index contributed by atoms with van der Waals surface area (Å²) in [5, 5.41) is 0. The van der Waals surface area contributed by atoms with Gasteiger partial charge in [0.25, 0.3) is 11.5 Å². The largest absolute Gasteiger partial charge is 0.335 e. The van der Waals surface area contributed by atoms with E-state index >= 15 is 0 Å². The summed E-state index contributed by atoms with van der Waals surface area (Å²) in [5.41, 5.74) is 1.83. The number of rotatable bonds is 5. The molecule has 0 aliphatic carbocycles. The van der Waals surface area contributed by atoms with Gasteiger partial charge in [-0.15, -0.1) is 11.3 Å². The predicted octanol–water partition coefficient (Wildman–Crippen LogP) is 3.58. The lowest BCUT2D eigenvalue weighted by Gasteiger charge is -2.24. The molecule has 0 saturated heterocycles. The Morgan fingerprint density at radius 2 is 1.90 bits per heavy atom. The molecule has 6 nitrogen and oxygen atoms in total. The van der Waals surface area contributed by atoms with Gasteiger partial charge in [0.15, 0.2) is 4.96 Å². The van der Waals surface area contributed by atoms with Gasteiger partial charge in [0, 0.05) is 43.1 Å². The smallest absolute Gasteiger partial charge is 0.271 e. The molecular weight excluding hydrogens is 384 g/mol. The standard InChI is InChI=1S/C22H20N4O2S/c1-15(17-8-10-23-11-9-17)25(2)20(27)19-13-24-22-26(21(19)28)14-18(29-22)12-16-6-4-3-5-7-16/h3-11,13-15H,12H2,1-2H3. The summed E-state index contributed by atoms with van der Waals surface area (Å²) in [6, 6.07) is 13.6. The first-order valence-electron chi connectivity index (χ1n) is 9.25. The summed E-state index contributed by atoms with van der Waals surface area (Å²) >= 11 is 1.46. The number of benzene rings is 1. The highest BCUT2D eigenvalue weighted by Crippen LogP contribution is 2.21. The summed E-state index contributed by atoms with van der Waals surface area (Å²) in [5.74, 6) is -0.350. The Balaban J connectivity index is 1.63. The highest BCUT2D eigenvalue weighted by Gasteiger charge is 2.23. The van der Waals surface area contributed by atoms with Gasteiger partial charge in [-0.2, -0.15) is 0 Å². The number of carbonyl (C=O) groups excluding carboxylic acids is 1. The van der Waals surface area contributed by atoms with E-state index in [0.29, 0.717) is 4.96 Å². The third kappa shape index (κ3) is 3.82. The van der Waals surface area contributed by atoms with Crippen molar-refractivity contribution >= 4 is 22.2 Å². The Morgan fingerprint density at radius 1 is 1.17 bits per heavy atom. The summed E-state index contributed by atoms with van der Waals surface area (Å²) in [4.78, 5) is 37.5. The number of hydrogen-bond donors (Lipinski definition) is 0. The fourth-order valence-electron chi connectivity index (χ4n) is 3.19. The lowest BCUT2D eigenvalue weighted by Crippen LogP contribution is -2.34. The average molecular weight is 404 g/mol. The van der Waals surface area contributed by atoms with Crippen molar-refractivity contribution in [1.82, 2.24) is 19.3 Å². The van der Waals surface area contributed by atoms with E-state index in [2.05, 4.69) is 9.97 Å². The van der Waals surface area contributed by atoms with Crippen LogP contribution in [0.4, 0.5) is 0 Å². The molecule has 1 unspecified atom stereocenters. The van der Waals surface area contributed by atoms with Crippen LogP contribution in [0, 0.1) is 0 Å². The summed E-state index contributed by atoms with van der Waals surface area (Å²) < 4.78 is 1.47. The van der Waals surface area contributed by atoms with E-state index in [9.17, 15) is 9.59 Å². The first-order valence-corrected chi connectivity index (χ1v) is 10.1. The Kier molecular flexibility index (Phi) is 5.22. The lowest BCUT2D eigenvalue weighted by molar-refractivity contribution is 0.0740. The number of aromatic nitrogens is 3. The molecule has 0 radical (unpaired) electrons. The fourth-order valence-corrected chi connectivity index (χ4v) is 4.16. The Labute approximate surface area is 172 Å². The molecule has 1 aromatic carbocycles. The van der Waals surface area contributed by atoms with Crippen LogP contribution in [0.25, 0.3) is 4.96 Å². The molecule has 4 aromatic rings. The molecule has 3 heterocycles. The van der Waals surface area contributed by atoms with E-state index in [0.717, 1.165) is 22.4 Å². The zero-order valence-electron chi connectivity index (χ0n) is 16.1. The van der Waals surface area contributed by atoms with Gasteiger partial charge >= 0.3 is 0 Å². The highest BCUT2D eigenvalue weighted by molar-refractivity contribution is 7.17. The minimum atomic E-state index is -0.350. The van der Waals surface area contributed by atoms with Crippen molar-refractivity contribution in [3.05, 3.63) is 99.2 Å². The van der Waals surface area contributed by atoms with Crippen molar-refractivity contribution in [3.8, 4) is 0 Å². The monoisotopic (exact) mass is 404 g/mol. The zero-order valence-corrected chi connectivity index (χ0v) is 17.0. The van der Waals surface area contributed by atoms with E-state index in [4.69, 9.17) is 0 Å². The van der Waals surface area contributed by atoms with E-state index < -0.39 is 0 Å². The van der Waals surface area contributed by atoms with Crippen LogP contribution in [0.3, 0.4) is 0 Å². The SMILES string of the molecule is CC(c1ccncc1)N(C)C(=O)c1cnc2sc(Cc3ccccc3)cn2c1=O. The minimum Gasteiger partial charge on any atom is -0.335 e. The quantitative estimate of drug-likeness (QED) is 0.510. The molecule has 1 atom stereocenters. The molecular formula is C22H20N4O2S. The second-order valence-electron chi connectivity index (χ2n) is 6.86. The average Bonchev–Trinajstić information content (AvgIpc) is 3.17. The summed E-state index contributed by atoms with van der Waals surface area (Å²) in [6.45, 7) is 1.92. The molecule has 7 heteroatoms. The maximum absolute atomic E-state index is 13.0. The molecule has 146 valence electrons. The highest BCUT2D eigenvalue weighted by atomic mass is 32.1. The molecule has 3 aromatic heterocycles. The molecule has 1 amide bonds. The van der Waals surface area contributed by atoms with Crippen LogP contribution in [-0.2, 0) is 6.42 Å². The van der Waals surface area contributed by atoms with Crippen LogP contribution in [0.5, 0.6) is 0 Å². The molecule has 0 aliphatic rings. The van der Waals surface area contributed by atoms with Crippen molar-refractivity contribution in [3.63, 3.8) is 0 Å². The van der Waals surface area contributed by atoms with Crippen molar-refractivity contribution in [1.29, 1.82) is 0 Å². The molecule has 0 N–H and O–H groups in total. The van der Waals surface area contributed by atoms with Gasteiger partial charge in [-0.1, -0.05) is 30.3 Å². The number of nitrogens with zero attached hydrogens (tertiary/aromatic N) is 4. The van der Waals surface area contributed by atoms with Crippen molar-refractivity contribution in [2.24, 2.45) is 0 Å². The molecule has 0 fully saturated rings. The van der Waals surface area contributed by atoms with E-state index in [1.54, 1.807) is 30.5 Å². The van der Waals surface area contributed by atoms with Gasteiger partial charge in [0.05, 0.1) is 6.04 Å². The first kappa shape index (κ1) is 19.0. The van der Waals surface area contributed by atoms with Gasteiger partial charge in [-0.05, 0) is 30.2 Å². The summed E-state index contributed by atoms with van der Waals surface area (Å²) in [6.07, 6.45) is 7.26. The van der Waals surface area contributed by atoms with Crippen molar-refractivity contribution in [2.45, 2.75) is 19.4 Å². The Bertz CT molecular complexity index is 1200. The van der Waals surface area contributed by atoms with Crippen LogP contribution >= 0.6 is 11.3 Å². The Hall–Kier alpha value is -3.32. The maximum atomic E-state index is 13.0. The van der Waals surface area contributed by atoms with Crippen molar-refractivity contribution in [2.75, 3.05) is 7.05 Å². The first-order chi connectivity index (χ1) is 14.0. The van der Waals surface area contributed by atoms with E-state index in [1.165, 1.54) is 21.9 Å². The molecule has 4 rings (SSSR count). The molecule has 0 bridgehead atoms. The van der Waals surface area contributed by atoms with Gasteiger partial charge in [0.2, 0.25) is 0 Å². The Morgan fingerprint density at radius 3 is 2.62 bits per heavy atom. The molecule has 0 spiro atoms. The minimum absolute atomic E-state index is 0.0648. The molecule has 0 saturated carbocycles. The van der Waals surface area contributed by atoms with Gasteiger partial charge in [0.1, 0.15) is 5.56 Å². The molecule has 29 heavy (non-hydrogen) atoms. The maximum Gasteiger partial charge on any atom is 0.271 e. The molecule has 0 aliphatic heterocycles. The third-order valence-electron chi connectivity index (χ3n) is 5.00. The number of amides is 1. The lowest BCUT2D eigenvalue weighted by atomic mass is 10.1. The van der Waals surface area contributed by atoms with Gasteiger partial charge in [-0.25, -0.2) is 4.98 Å². The normalized spacial score (nSPS) is 12.1. The number of pyridine rings is 1. The van der Waals surface area contributed by atoms with E-state index in [-0.39, 0.29) is 23.1 Å². The third-order valence-corrected chi connectivity index (χ3v) is 5.99.